The van der Waals surface area contributed by atoms with Crippen molar-refractivity contribution in [2.24, 2.45) is 0 Å². The van der Waals surface area contributed by atoms with Crippen LogP contribution in [0.4, 0.5) is 0 Å². The fraction of sp³-hybridized carbons (Fsp3) is 0.600. The summed E-state index contributed by atoms with van der Waals surface area (Å²) in [6.45, 7) is 7.32. The zero-order valence-electron chi connectivity index (χ0n) is 4.94. The molecule has 0 atom stereocenters. The Hall–Kier alpha value is 0.917. The van der Waals surface area contributed by atoms with E-state index in [0.717, 1.165) is 6.04 Å². The third-order valence-corrected chi connectivity index (χ3v) is 1.93. The first-order chi connectivity index (χ1) is 3.06. The average molecular weight is 140 g/mol. The van der Waals surface area contributed by atoms with Crippen molar-refractivity contribution in [1.82, 2.24) is 0 Å². The number of allylic oxidation sites excluding steroid dienone is 1. The van der Waals surface area contributed by atoms with Crippen LogP contribution in [0.25, 0.3) is 0 Å². The van der Waals surface area contributed by atoms with Gasteiger partial charge >= 0.3 is 29.6 Å². The molecule has 0 radical (unpaired) electrons. The minimum atomic E-state index is -1.78. The summed E-state index contributed by atoms with van der Waals surface area (Å²) in [5, 5.41) is 0. The zero-order chi connectivity index (χ0) is 5.91. The van der Waals surface area contributed by atoms with E-state index in [4.69, 9.17) is 4.80 Å². The maximum absolute atomic E-state index is 9.09. The van der Waals surface area contributed by atoms with Crippen molar-refractivity contribution in [2.45, 2.75) is 19.1 Å². The van der Waals surface area contributed by atoms with Gasteiger partial charge in [-0.15, -0.1) is 6.58 Å². The molecule has 0 aromatic rings. The molecule has 0 saturated carbocycles. The Bertz CT molecular complexity index is 67.3. The Morgan fingerprint density at radius 3 is 2.00 bits per heavy atom. The summed E-state index contributed by atoms with van der Waals surface area (Å²) in [6, 6.07) is 0.799. The van der Waals surface area contributed by atoms with E-state index in [9.17, 15) is 0 Å². The molecule has 0 amide bonds. The molecule has 0 bridgehead atoms. The summed E-state index contributed by atoms with van der Waals surface area (Å²) in [7, 11) is -1.78. The standard InChI is InChI=1S/C5H12OSi.Na.H/c1-4-5-7(2,3)6;;/h4,6H,1,5H2,2-3H3;;. The van der Waals surface area contributed by atoms with Gasteiger partial charge in [0, 0.05) is 0 Å². The molecule has 0 aromatic heterocycles. The normalized spacial score (nSPS) is 9.88. The van der Waals surface area contributed by atoms with E-state index in [1.165, 1.54) is 0 Å². The van der Waals surface area contributed by atoms with E-state index < -0.39 is 8.32 Å². The van der Waals surface area contributed by atoms with Crippen molar-refractivity contribution in [3.63, 3.8) is 0 Å². The van der Waals surface area contributed by atoms with Gasteiger partial charge in [-0.3, -0.25) is 0 Å². The molecule has 0 unspecified atom stereocenters. The molecule has 8 heavy (non-hydrogen) atoms. The molecule has 0 aromatic carbocycles. The van der Waals surface area contributed by atoms with Crippen LogP contribution in [0, 0.1) is 0 Å². The topological polar surface area (TPSA) is 20.2 Å². The van der Waals surface area contributed by atoms with Crippen LogP contribution in [-0.4, -0.2) is 42.7 Å². The van der Waals surface area contributed by atoms with Gasteiger partial charge in [-0.1, -0.05) is 6.08 Å². The monoisotopic (exact) mass is 140 g/mol. The Balaban J connectivity index is 0. The van der Waals surface area contributed by atoms with Crippen LogP contribution in [0.5, 0.6) is 0 Å². The van der Waals surface area contributed by atoms with Crippen LogP contribution < -0.4 is 0 Å². The van der Waals surface area contributed by atoms with E-state index in [1.54, 1.807) is 6.08 Å². The molecule has 1 N–H and O–H groups in total. The Labute approximate surface area is 74.2 Å². The number of hydrogen-bond acceptors (Lipinski definition) is 1. The van der Waals surface area contributed by atoms with E-state index in [-0.39, 0.29) is 29.6 Å². The molecular formula is C5H13NaOSi. The van der Waals surface area contributed by atoms with E-state index in [0.29, 0.717) is 0 Å². The molecule has 1 nitrogen and oxygen atoms in total. The third-order valence-electron chi connectivity index (χ3n) is 0.644. The number of rotatable bonds is 2. The second-order valence-electron chi connectivity index (χ2n) is 2.31. The van der Waals surface area contributed by atoms with Crippen LogP contribution in [0.3, 0.4) is 0 Å². The van der Waals surface area contributed by atoms with Gasteiger partial charge in [0.15, 0.2) is 8.32 Å². The van der Waals surface area contributed by atoms with E-state index in [2.05, 4.69) is 6.58 Å². The van der Waals surface area contributed by atoms with Crippen LogP contribution in [0.2, 0.25) is 19.1 Å². The van der Waals surface area contributed by atoms with Crippen molar-refractivity contribution < 1.29 is 4.80 Å². The molecule has 0 heterocycles. The van der Waals surface area contributed by atoms with Crippen molar-refractivity contribution in [1.29, 1.82) is 0 Å². The van der Waals surface area contributed by atoms with Gasteiger partial charge in [-0.05, 0) is 19.1 Å². The molecule has 0 aliphatic heterocycles. The Kier molecular flexibility index (Phi) is 6.96. The van der Waals surface area contributed by atoms with Gasteiger partial charge in [-0.25, -0.2) is 0 Å². The molecule has 0 aliphatic carbocycles. The fourth-order valence-corrected chi connectivity index (χ4v) is 1.06. The third kappa shape index (κ3) is 10.0. The predicted octanol–water partition coefficient (Wildman–Crippen LogP) is 0.721. The average Bonchev–Trinajstić information content (AvgIpc) is 1.30. The van der Waals surface area contributed by atoms with Crippen molar-refractivity contribution in [2.75, 3.05) is 0 Å². The van der Waals surface area contributed by atoms with Crippen molar-refractivity contribution >= 4 is 37.9 Å². The first-order valence-corrected chi connectivity index (χ1v) is 5.55. The number of hydrogen-bond donors (Lipinski definition) is 1. The summed E-state index contributed by atoms with van der Waals surface area (Å²) in [5.41, 5.74) is 0. The van der Waals surface area contributed by atoms with E-state index >= 15 is 0 Å². The van der Waals surface area contributed by atoms with Gasteiger partial charge in [0.2, 0.25) is 0 Å². The summed E-state index contributed by atoms with van der Waals surface area (Å²) >= 11 is 0. The summed E-state index contributed by atoms with van der Waals surface area (Å²) in [4.78, 5) is 9.09. The molecule has 0 saturated heterocycles. The van der Waals surface area contributed by atoms with E-state index in [1.807, 2.05) is 13.1 Å². The molecule has 44 valence electrons. The predicted molar refractivity (Wildman–Crippen MR) is 41.9 cm³/mol. The summed E-state index contributed by atoms with van der Waals surface area (Å²) in [6.07, 6.45) is 1.77. The first-order valence-electron chi connectivity index (χ1n) is 2.39. The second kappa shape index (κ2) is 4.76. The van der Waals surface area contributed by atoms with Crippen molar-refractivity contribution in [3.8, 4) is 0 Å². The molecule has 0 fully saturated rings. The maximum atomic E-state index is 9.09. The van der Waals surface area contributed by atoms with Gasteiger partial charge in [0.25, 0.3) is 0 Å². The second-order valence-corrected chi connectivity index (χ2v) is 6.34. The molecular weight excluding hydrogens is 127 g/mol. The van der Waals surface area contributed by atoms with Crippen LogP contribution in [0.1, 0.15) is 0 Å². The van der Waals surface area contributed by atoms with Gasteiger partial charge < -0.3 is 4.80 Å². The SMILES string of the molecule is C=CC[Si](C)(C)O.[NaH]. The Morgan fingerprint density at radius 2 is 2.00 bits per heavy atom. The fourth-order valence-electron chi connectivity index (χ4n) is 0.353. The minimum absolute atomic E-state index is 0. The first kappa shape index (κ1) is 11.7. The zero-order valence-corrected chi connectivity index (χ0v) is 5.94. The summed E-state index contributed by atoms with van der Waals surface area (Å²) in [5.74, 6) is 0. The van der Waals surface area contributed by atoms with Crippen LogP contribution >= 0.6 is 0 Å². The van der Waals surface area contributed by atoms with Gasteiger partial charge in [0.05, 0.1) is 0 Å². The van der Waals surface area contributed by atoms with Gasteiger partial charge in [0.1, 0.15) is 0 Å². The van der Waals surface area contributed by atoms with Gasteiger partial charge in [-0.2, -0.15) is 0 Å². The quantitative estimate of drug-likeness (QED) is 0.442. The molecule has 0 rings (SSSR count). The summed E-state index contributed by atoms with van der Waals surface area (Å²) < 4.78 is 0. The van der Waals surface area contributed by atoms with Crippen LogP contribution in [0.15, 0.2) is 12.7 Å². The molecule has 3 heteroatoms. The Morgan fingerprint density at radius 1 is 1.62 bits per heavy atom. The van der Waals surface area contributed by atoms with Crippen LogP contribution in [-0.2, 0) is 0 Å². The van der Waals surface area contributed by atoms with Crippen molar-refractivity contribution in [3.05, 3.63) is 12.7 Å². The molecule has 0 aliphatic rings. The molecule has 0 spiro atoms.